The second-order valence-electron chi connectivity index (χ2n) is 4.46. The monoisotopic (exact) mass is 295 g/mol. The van der Waals surface area contributed by atoms with Gasteiger partial charge < -0.3 is 9.73 Å². The molecule has 0 saturated heterocycles. The number of hydrogen-bond acceptors (Lipinski definition) is 4. The Kier molecular flexibility index (Phi) is 4.89. The Morgan fingerprint density at radius 2 is 1.77 bits per heavy atom. The first-order valence-electron chi connectivity index (χ1n) is 6.53. The van der Waals surface area contributed by atoms with Crippen LogP contribution in [0.5, 0.6) is 0 Å². The van der Waals surface area contributed by atoms with Crippen LogP contribution in [0.4, 0.5) is 0 Å². The van der Waals surface area contributed by atoms with Crippen LogP contribution in [-0.4, -0.2) is 18.2 Å². The van der Waals surface area contributed by atoms with Gasteiger partial charge in [0, 0.05) is 17.2 Å². The van der Waals surface area contributed by atoms with Crippen molar-refractivity contribution in [2.45, 2.75) is 6.92 Å². The summed E-state index contributed by atoms with van der Waals surface area (Å²) < 4.78 is 4.61. The first kappa shape index (κ1) is 15.3. The average molecular weight is 295 g/mol. The van der Waals surface area contributed by atoms with Crippen LogP contribution in [0.2, 0.25) is 0 Å². The second-order valence-corrected chi connectivity index (χ2v) is 4.46. The summed E-state index contributed by atoms with van der Waals surface area (Å²) in [6.07, 6.45) is 1.10. The lowest BCUT2D eigenvalue weighted by Crippen LogP contribution is -2.23. The minimum atomic E-state index is -0.509. The first-order valence-corrected chi connectivity index (χ1v) is 6.53. The molecule has 0 aliphatic rings. The van der Waals surface area contributed by atoms with Gasteiger partial charge in [-0.05, 0) is 25.1 Å². The number of amides is 1. The lowest BCUT2D eigenvalue weighted by atomic mass is 10.1. The molecule has 0 unspecified atom stereocenters. The summed E-state index contributed by atoms with van der Waals surface area (Å²) in [5.74, 6) is 5.31. The van der Waals surface area contributed by atoms with E-state index in [2.05, 4.69) is 21.6 Å². The number of nitrogens with one attached hydrogen (secondary N) is 1. The maximum absolute atomic E-state index is 11.7. The van der Waals surface area contributed by atoms with Crippen molar-refractivity contribution in [1.82, 2.24) is 5.32 Å². The number of hydrogen-bond donors (Lipinski definition) is 1. The highest BCUT2D eigenvalue weighted by Gasteiger charge is 2.04. The third-order valence-corrected chi connectivity index (χ3v) is 2.82. The van der Waals surface area contributed by atoms with Crippen molar-refractivity contribution in [3.05, 3.63) is 69.8 Å². The van der Waals surface area contributed by atoms with Crippen LogP contribution in [0, 0.1) is 11.8 Å². The van der Waals surface area contributed by atoms with Crippen molar-refractivity contribution < 1.29 is 14.0 Å². The van der Waals surface area contributed by atoms with Crippen molar-refractivity contribution in [1.29, 1.82) is 0 Å². The van der Waals surface area contributed by atoms with Crippen LogP contribution in [0.25, 0.3) is 0 Å². The van der Waals surface area contributed by atoms with E-state index in [0.29, 0.717) is 5.56 Å². The molecule has 1 aromatic carbocycles. The highest BCUT2D eigenvalue weighted by molar-refractivity contribution is 5.94. The minimum Gasteiger partial charge on any atom is -0.430 e. The van der Waals surface area contributed by atoms with E-state index in [1.165, 1.54) is 19.1 Å². The molecular weight excluding hydrogens is 282 g/mol. The zero-order valence-corrected chi connectivity index (χ0v) is 11.9. The smallest absolute Gasteiger partial charge is 0.335 e. The van der Waals surface area contributed by atoms with E-state index in [4.69, 9.17) is 0 Å². The van der Waals surface area contributed by atoms with E-state index in [-0.39, 0.29) is 23.8 Å². The van der Waals surface area contributed by atoms with Gasteiger partial charge in [0.25, 0.3) is 5.91 Å². The maximum atomic E-state index is 11.7. The molecule has 2 aromatic rings. The summed E-state index contributed by atoms with van der Waals surface area (Å²) in [6, 6.07) is 9.47. The van der Waals surface area contributed by atoms with Crippen LogP contribution >= 0.6 is 0 Å². The minimum absolute atomic E-state index is 0.00119. The molecule has 1 N–H and O–H groups in total. The zero-order chi connectivity index (χ0) is 15.9. The quantitative estimate of drug-likeness (QED) is 0.689. The molecular formula is C17H13NO4. The molecule has 0 radical (unpaired) electrons. The third-order valence-electron chi connectivity index (χ3n) is 2.82. The van der Waals surface area contributed by atoms with Gasteiger partial charge in [0.2, 0.25) is 0 Å². The fourth-order valence-electron chi connectivity index (χ4n) is 1.65. The van der Waals surface area contributed by atoms with Gasteiger partial charge in [-0.25, -0.2) is 4.79 Å². The Labute approximate surface area is 127 Å². The Hall–Kier alpha value is -3.13. The highest BCUT2D eigenvalue weighted by Crippen LogP contribution is 2.03. The third kappa shape index (κ3) is 4.18. The van der Waals surface area contributed by atoms with Crippen LogP contribution < -0.4 is 10.9 Å². The fourth-order valence-corrected chi connectivity index (χ4v) is 1.65. The number of Topliss-reactive ketones (excluding diaryl/α,β-unsaturated/α-hetero) is 1. The number of carbonyl (C=O) groups excluding carboxylic acids is 2. The molecule has 1 heterocycles. The second kappa shape index (κ2) is 7.04. The predicted molar refractivity (Wildman–Crippen MR) is 80.6 cm³/mol. The molecule has 0 bridgehead atoms. The van der Waals surface area contributed by atoms with Crippen LogP contribution in [0.3, 0.4) is 0 Å². The molecule has 0 aliphatic heterocycles. The Balaban J connectivity index is 1.91. The molecule has 22 heavy (non-hydrogen) atoms. The van der Waals surface area contributed by atoms with Crippen molar-refractivity contribution in [3.63, 3.8) is 0 Å². The molecule has 5 heteroatoms. The van der Waals surface area contributed by atoms with E-state index in [1.807, 2.05) is 0 Å². The maximum Gasteiger partial charge on any atom is 0.335 e. The summed E-state index contributed by atoms with van der Waals surface area (Å²) in [7, 11) is 0. The van der Waals surface area contributed by atoms with Crippen LogP contribution in [-0.2, 0) is 0 Å². The summed E-state index contributed by atoms with van der Waals surface area (Å²) in [5, 5.41) is 2.59. The standard InChI is InChI=1S/C17H13NO4/c1-12(19)14-6-4-13(5-7-14)3-2-10-18-17(21)15-8-9-16(20)22-11-15/h4-9,11H,10H2,1H3,(H,18,21). The molecule has 0 aliphatic carbocycles. The van der Waals surface area contributed by atoms with E-state index < -0.39 is 5.63 Å². The van der Waals surface area contributed by atoms with Crippen molar-refractivity contribution in [2.75, 3.05) is 6.54 Å². The molecule has 2 rings (SSSR count). The largest absolute Gasteiger partial charge is 0.430 e. The van der Waals surface area contributed by atoms with Crippen molar-refractivity contribution in [3.8, 4) is 11.8 Å². The number of rotatable bonds is 3. The lowest BCUT2D eigenvalue weighted by Gasteiger charge is -1.99. The van der Waals surface area contributed by atoms with Gasteiger partial charge in [0.05, 0.1) is 12.1 Å². The first-order chi connectivity index (χ1) is 10.6. The molecule has 0 saturated carbocycles. The average Bonchev–Trinajstić information content (AvgIpc) is 2.52. The van der Waals surface area contributed by atoms with Gasteiger partial charge in [0.1, 0.15) is 6.26 Å². The number of carbonyl (C=O) groups is 2. The summed E-state index contributed by atoms with van der Waals surface area (Å²) in [6.45, 7) is 1.66. The lowest BCUT2D eigenvalue weighted by molar-refractivity contribution is 0.0955. The van der Waals surface area contributed by atoms with Gasteiger partial charge >= 0.3 is 5.63 Å². The molecule has 1 aromatic heterocycles. The topological polar surface area (TPSA) is 76.4 Å². The van der Waals surface area contributed by atoms with Gasteiger partial charge in [-0.1, -0.05) is 24.0 Å². The zero-order valence-electron chi connectivity index (χ0n) is 11.9. The van der Waals surface area contributed by atoms with Gasteiger partial charge in [-0.15, -0.1) is 0 Å². The molecule has 5 nitrogen and oxygen atoms in total. The highest BCUT2D eigenvalue weighted by atomic mass is 16.4. The van der Waals surface area contributed by atoms with Crippen molar-refractivity contribution >= 4 is 11.7 Å². The Morgan fingerprint density at radius 3 is 2.36 bits per heavy atom. The summed E-state index contributed by atoms with van der Waals surface area (Å²) in [5.41, 5.74) is 1.13. The Morgan fingerprint density at radius 1 is 1.09 bits per heavy atom. The molecule has 110 valence electrons. The molecule has 0 spiro atoms. The predicted octanol–water partition coefficient (Wildman–Crippen LogP) is 1.62. The molecule has 0 atom stereocenters. The normalized spacial score (nSPS) is 9.50. The van der Waals surface area contributed by atoms with E-state index >= 15 is 0 Å². The number of benzene rings is 1. The van der Waals surface area contributed by atoms with Gasteiger partial charge in [-0.2, -0.15) is 0 Å². The SMILES string of the molecule is CC(=O)c1ccc(C#CCNC(=O)c2ccc(=O)oc2)cc1. The van der Waals surface area contributed by atoms with E-state index in [0.717, 1.165) is 11.8 Å². The summed E-state index contributed by atoms with van der Waals surface area (Å²) >= 11 is 0. The van der Waals surface area contributed by atoms with Gasteiger partial charge in [-0.3, -0.25) is 9.59 Å². The summed E-state index contributed by atoms with van der Waals surface area (Å²) in [4.78, 5) is 33.6. The fraction of sp³-hybridized carbons (Fsp3) is 0.118. The van der Waals surface area contributed by atoms with Gasteiger partial charge in [0.15, 0.2) is 5.78 Å². The van der Waals surface area contributed by atoms with Crippen LogP contribution in [0.15, 0.2) is 51.9 Å². The van der Waals surface area contributed by atoms with E-state index in [1.54, 1.807) is 24.3 Å². The van der Waals surface area contributed by atoms with Crippen molar-refractivity contribution in [2.24, 2.45) is 0 Å². The van der Waals surface area contributed by atoms with Crippen LogP contribution in [0.1, 0.15) is 33.2 Å². The Bertz CT molecular complexity index is 787. The van der Waals surface area contributed by atoms with E-state index in [9.17, 15) is 14.4 Å². The number of ketones is 1. The molecule has 1 amide bonds. The molecule has 0 fully saturated rings.